The minimum Gasteiger partial charge on any atom is -0.350 e. The molecule has 0 saturated carbocycles. The number of amides is 1. The molecule has 2 aromatic rings. The van der Waals surface area contributed by atoms with Gasteiger partial charge in [-0.2, -0.15) is 5.26 Å². The molecule has 1 amide bonds. The molecule has 1 N–H and O–H groups in total. The van der Waals surface area contributed by atoms with E-state index in [9.17, 15) is 9.18 Å². The Labute approximate surface area is 143 Å². The number of likely N-dealkylation sites (tertiary alicyclic amines) is 1. The van der Waals surface area contributed by atoms with Crippen molar-refractivity contribution in [2.24, 2.45) is 0 Å². The molecule has 124 valence electrons. The summed E-state index contributed by atoms with van der Waals surface area (Å²) < 4.78 is 13.8. The van der Waals surface area contributed by atoms with Crippen molar-refractivity contribution in [1.82, 2.24) is 15.2 Å². The highest BCUT2D eigenvalue weighted by molar-refractivity contribution is 7.09. The quantitative estimate of drug-likeness (QED) is 0.904. The molecule has 0 spiro atoms. The van der Waals surface area contributed by atoms with Gasteiger partial charge in [0.05, 0.1) is 18.2 Å². The number of hydrogen-bond acceptors (Lipinski definition) is 5. The number of hydrogen-bond donors (Lipinski definition) is 1. The van der Waals surface area contributed by atoms with E-state index < -0.39 is 6.17 Å². The number of carbonyl (C=O) groups excluding carboxylic acids is 1. The summed E-state index contributed by atoms with van der Waals surface area (Å²) in [6.07, 6.45) is 1.26. The Morgan fingerprint density at radius 3 is 3.17 bits per heavy atom. The number of alkyl halides is 1. The van der Waals surface area contributed by atoms with Crippen LogP contribution >= 0.6 is 11.3 Å². The number of rotatable bonds is 5. The van der Waals surface area contributed by atoms with E-state index in [2.05, 4.69) is 10.3 Å². The monoisotopic (exact) mass is 344 g/mol. The van der Waals surface area contributed by atoms with Crippen molar-refractivity contribution in [3.05, 3.63) is 52.0 Å². The Hall–Kier alpha value is -2.30. The minimum atomic E-state index is -0.881. The summed E-state index contributed by atoms with van der Waals surface area (Å²) in [4.78, 5) is 18.5. The number of benzene rings is 1. The molecule has 0 bridgehead atoms. The fourth-order valence-electron chi connectivity index (χ4n) is 2.88. The van der Waals surface area contributed by atoms with Crippen LogP contribution in [-0.2, 0) is 6.54 Å². The van der Waals surface area contributed by atoms with Crippen molar-refractivity contribution < 1.29 is 9.18 Å². The highest BCUT2D eigenvalue weighted by Gasteiger charge is 2.32. The van der Waals surface area contributed by atoms with Gasteiger partial charge in [-0.05, 0) is 24.6 Å². The summed E-state index contributed by atoms with van der Waals surface area (Å²) in [5.41, 5.74) is 0.882. The summed E-state index contributed by atoms with van der Waals surface area (Å²) in [6, 6.07) is 8.50. The molecule has 2 atom stereocenters. The molecule has 1 aromatic carbocycles. The lowest BCUT2D eigenvalue weighted by Gasteiger charge is -2.23. The van der Waals surface area contributed by atoms with Crippen molar-refractivity contribution in [1.29, 1.82) is 5.26 Å². The normalized spacial score (nSPS) is 20.7. The smallest absolute Gasteiger partial charge is 0.251 e. The van der Waals surface area contributed by atoms with Crippen LogP contribution < -0.4 is 5.32 Å². The van der Waals surface area contributed by atoms with Gasteiger partial charge in [-0.3, -0.25) is 9.69 Å². The molecular weight excluding hydrogens is 327 g/mol. The third kappa shape index (κ3) is 3.96. The van der Waals surface area contributed by atoms with Gasteiger partial charge in [0, 0.05) is 36.3 Å². The lowest BCUT2D eigenvalue weighted by molar-refractivity contribution is 0.0940. The average molecular weight is 344 g/mol. The Morgan fingerprint density at radius 1 is 1.54 bits per heavy atom. The van der Waals surface area contributed by atoms with Crippen LogP contribution in [0.4, 0.5) is 4.39 Å². The van der Waals surface area contributed by atoms with E-state index in [0.29, 0.717) is 37.2 Å². The standard InChI is InChI=1S/C17H17FN4OS/c18-14-7-15(22(10-14)11-16-20-4-5-24-16)9-21-17(23)13-3-1-2-12(6-13)8-19/h1-6,14-15H,7,9-11H2,(H,21,23)/t14-,15-/m0/s1. The molecule has 1 saturated heterocycles. The Kier molecular flexibility index (Phi) is 5.18. The number of carbonyl (C=O) groups is 1. The number of halogens is 1. The predicted octanol–water partition coefficient (Wildman–Crippen LogP) is 2.36. The van der Waals surface area contributed by atoms with Gasteiger partial charge in [0.2, 0.25) is 0 Å². The second kappa shape index (κ2) is 7.51. The molecule has 7 heteroatoms. The number of thiazole rings is 1. The molecule has 0 unspecified atom stereocenters. The number of nitriles is 1. The van der Waals surface area contributed by atoms with E-state index >= 15 is 0 Å². The zero-order valence-corrected chi connectivity index (χ0v) is 13.8. The van der Waals surface area contributed by atoms with E-state index in [4.69, 9.17) is 5.26 Å². The van der Waals surface area contributed by atoms with E-state index in [1.54, 1.807) is 41.8 Å². The van der Waals surface area contributed by atoms with Crippen LogP contribution in [0.1, 0.15) is 27.3 Å². The largest absolute Gasteiger partial charge is 0.350 e. The van der Waals surface area contributed by atoms with Crippen LogP contribution in [0.15, 0.2) is 35.8 Å². The first-order chi connectivity index (χ1) is 11.7. The van der Waals surface area contributed by atoms with Gasteiger partial charge in [-0.25, -0.2) is 9.37 Å². The Bertz CT molecular complexity index is 743. The average Bonchev–Trinajstić information content (AvgIpc) is 3.22. The van der Waals surface area contributed by atoms with Crippen LogP contribution in [0.5, 0.6) is 0 Å². The molecule has 2 heterocycles. The van der Waals surface area contributed by atoms with Crippen molar-refractivity contribution in [3.8, 4) is 6.07 Å². The lowest BCUT2D eigenvalue weighted by atomic mass is 10.1. The van der Waals surface area contributed by atoms with Gasteiger partial charge >= 0.3 is 0 Å². The molecule has 24 heavy (non-hydrogen) atoms. The second-order valence-electron chi connectivity index (χ2n) is 5.74. The molecule has 1 aliphatic rings. The van der Waals surface area contributed by atoms with Gasteiger partial charge in [0.1, 0.15) is 11.2 Å². The highest BCUT2D eigenvalue weighted by atomic mass is 32.1. The molecule has 1 aromatic heterocycles. The van der Waals surface area contributed by atoms with E-state index in [1.165, 1.54) is 0 Å². The van der Waals surface area contributed by atoms with Gasteiger partial charge in [-0.1, -0.05) is 6.07 Å². The van der Waals surface area contributed by atoms with E-state index in [1.807, 2.05) is 16.3 Å². The number of nitrogens with one attached hydrogen (secondary N) is 1. The topological polar surface area (TPSA) is 69.0 Å². The lowest BCUT2D eigenvalue weighted by Crippen LogP contribution is -2.39. The van der Waals surface area contributed by atoms with Crippen molar-refractivity contribution in [3.63, 3.8) is 0 Å². The molecule has 1 fully saturated rings. The fraction of sp³-hybridized carbons (Fsp3) is 0.353. The summed E-state index contributed by atoms with van der Waals surface area (Å²) >= 11 is 1.55. The molecule has 5 nitrogen and oxygen atoms in total. The van der Waals surface area contributed by atoms with Crippen LogP contribution in [0, 0.1) is 11.3 Å². The molecule has 0 aliphatic carbocycles. The summed E-state index contributed by atoms with van der Waals surface area (Å²) in [5.74, 6) is -0.247. The molecular formula is C17H17FN4OS. The highest BCUT2D eigenvalue weighted by Crippen LogP contribution is 2.23. The first kappa shape index (κ1) is 16.6. The maximum absolute atomic E-state index is 13.8. The summed E-state index contributed by atoms with van der Waals surface area (Å²) in [6.45, 7) is 1.34. The first-order valence-electron chi connectivity index (χ1n) is 7.70. The predicted molar refractivity (Wildman–Crippen MR) is 89.3 cm³/mol. The van der Waals surface area contributed by atoms with Crippen molar-refractivity contribution in [2.45, 2.75) is 25.2 Å². The molecule has 3 rings (SSSR count). The number of nitrogens with zero attached hydrogens (tertiary/aromatic N) is 3. The molecule has 0 radical (unpaired) electrons. The SMILES string of the molecule is N#Cc1cccc(C(=O)NC[C@@H]2C[C@H](F)CN2Cc2nccs2)c1. The number of aromatic nitrogens is 1. The second-order valence-corrected chi connectivity index (χ2v) is 6.72. The molecule has 1 aliphatic heterocycles. The van der Waals surface area contributed by atoms with Crippen molar-refractivity contribution in [2.75, 3.05) is 13.1 Å². The Morgan fingerprint density at radius 2 is 2.42 bits per heavy atom. The van der Waals surface area contributed by atoms with Crippen LogP contribution in [0.2, 0.25) is 0 Å². The summed E-state index contributed by atoms with van der Waals surface area (Å²) in [7, 11) is 0. The van der Waals surface area contributed by atoms with Crippen LogP contribution in [0.25, 0.3) is 0 Å². The fourth-order valence-corrected chi connectivity index (χ4v) is 3.52. The van der Waals surface area contributed by atoms with E-state index in [-0.39, 0.29) is 11.9 Å². The third-order valence-electron chi connectivity index (χ3n) is 4.05. The zero-order valence-electron chi connectivity index (χ0n) is 13.0. The maximum atomic E-state index is 13.8. The summed E-state index contributed by atoms with van der Waals surface area (Å²) in [5, 5.41) is 14.6. The Balaban J connectivity index is 1.59. The van der Waals surface area contributed by atoms with Gasteiger partial charge in [0.25, 0.3) is 5.91 Å². The van der Waals surface area contributed by atoms with Crippen molar-refractivity contribution >= 4 is 17.2 Å². The van der Waals surface area contributed by atoms with Gasteiger partial charge < -0.3 is 5.32 Å². The first-order valence-corrected chi connectivity index (χ1v) is 8.58. The van der Waals surface area contributed by atoms with E-state index in [0.717, 1.165) is 5.01 Å². The van der Waals surface area contributed by atoms with Crippen LogP contribution in [-0.4, -0.2) is 41.1 Å². The maximum Gasteiger partial charge on any atom is 0.251 e. The minimum absolute atomic E-state index is 0.0491. The van der Waals surface area contributed by atoms with Gasteiger partial charge in [-0.15, -0.1) is 11.3 Å². The van der Waals surface area contributed by atoms with Crippen LogP contribution in [0.3, 0.4) is 0 Å². The zero-order chi connectivity index (χ0) is 16.9. The third-order valence-corrected chi connectivity index (χ3v) is 4.82. The van der Waals surface area contributed by atoms with Gasteiger partial charge in [0.15, 0.2) is 0 Å².